The number of thiazole rings is 1. The molecule has 0 atom stereocenters. The van der Waals surface area contributed by atoms with Crippen LogP contribution in [0.3, 0.4) is 0 Å². The molecule has 1 aromatic carbocycles. The number of benzene rings is 1. The van der Waals surface area contributed by atoms with E-state index in [-0.39, 0.29) is 16.1 Å². The second kappa shape index (κ2) is 6.51. The molecule has 0 fully saturated rings. The summed E-state index contributed by atoms with van der Waals surface area (Å²) in [7, 11) is 0. The lowest BCUT2D eigenvalue weighted by Crippen LogP contribution is -2.23. The molecular weight excluding hydrogens is 381 g/mol. The third-order valence-electron chi connectivity index (χ3n) is 3.41. The van der Waals surface area contributed by atoms with Crippen LogP contribution in [-0.4, -0.2) is 14.6 Å². The topological polar surface area (TPSA) is 47.3 Å². The van der Waals surface area contributed by atoms with Gasteiger partial charge in [-0.1, -0.05) is 35.1 Å². The molecule has 0 aliphatic heterocycles. The molecule has 0 aliphatic carbocycles. The number of fused-ring (bicyclic) bond motifs is 1. The van der Waals surface area contributed by atoms with Crippen molar-refractivity contribution in [3.05, 3.63) is 77.7 Å². The van der Waals surface area contributed by atoms with E-state index in [1.165, 1.54) is 22.7 Å². The Hall–Kier alpha value is -2.35. The van der Waals surface area contributed by atoms with Crippen LogP contribution in [0, 0.1) is 5.82 Å². The van der Waals surface area contributed by atoms with Gasteiger partial charge >= 0.3 is 0 Å². The minimum absolute atomic E-state index is 0.184. The zero-order valence-corrected chi connectivity index (χ0v) is 14.9. The molecule has 4 aromatic rings. The van der Waals surface area contributed by atoms with Crippen molar-refractivity contribution in [3.63, 3.8) is 0 Å². The average molecular weight is 390 g/mol. The molecule has 25 heavy (non-hydrogen) atoms. The van der Waals surface area contributed by atoms with E-state index in [2.05, 4.69) is 10.1 Å². The lowest BCUT2D eigenvalue weighted by Gasteiger charge is -1.97. The van der Waals surface area contributed by atoms with Crippen molar-refractivity contribution in [3.8, 4) is 0 Å². The largest absolute Gasteiger partial charge is 0.291 e. The molecule has 4 rings (SSSR count). The highest BCUT2D eigenvalue weighted by Crippen LogP contribution is 2.19. The summed E-state index contributed by atoms with van der Waals surface area (Å²) in [5.41, 5.74) is -0.161. The number of hydrogen-bond donors (Lipinski definition) is 0. The first-order chi connectivity index (χ1) is 12.1. The number of nitrogens with zero attached hydrogens (tertiary/aromatic N) is 3. The van der Waals surface area contributed by atoms with Crippen molar-refractivity contribution >= 4 is 57.5 Å². The number of halogens is 2. The highest BCUT2D eigenvalue weighted by atomic mass is 35.5. The van der Waals surface area contributed by atoms with E-state index in [1.54, 1.807) is 23.5 Å². The van der Waals surface area contributed by atoms with E-state index in [1.807, 2.05) is 23.6 Å². The van der Waals surface area contributed by atoms with Crippen molar-refractivity contribution in [2.45, 2.75) is 0 Å². The van der Waals surface area contributed by atoms with Gasteiger partial charge in [-0.15, -0.1) is 16.4 Å². The molecule has 0 unspecified atom stereocenters. The average Bonchev–Trinajstić information content (AvgIpc) is 3.28. The summed E-state index contributed by atoms with van der Waals surface area (Å²) in [6.07, 6.45) is 5.07. The molecule has 0 bridgehead atoms. The summed E-state index contributed by atoms with van der Waals surface area (Å²) in [4.78, 5) is 18.3. The van der Waals surface area contributed by atoms with Gasteiger partial charge in [0.15, 0.2) is 5.82 Å². The Morgan fingerprint density at radius 1 is 1.20 bits per heavy atom. The lowest BCUT2D eigenvalue weighted by molar-refractivity contribution is 0.625. The van der Waals surface area contributed by atoms with Crippen LogP contribution in [0.4, 0.5) is 4.39 Å². The van der Waals surface area contributed by atoms with Crippen molar-refractivity contribution in [2.24, 2.45) is 0 Å². The van der Waals surface area contributed by atoms with Crippen LogP contribution in [0.5, 0.6) is 0 Å². The fourth-order valence-electron chi connectivity index (χ4n) is 2.24. The molecule has 124 valence electrons. The normalized spacial score (nSPS) is 12.6. The van der Waals surface area contributed by atoms with Gasteiger partial charge in [0, 0.05) is 10.4 Å². The summed E-state index contributed by atoms with van der Waals surface area (Å²) in [5, 5.41) is 6.42. The Morgan fingerprint density at radius 2 is 2.08 bits per heavy atom. The SMILES string of the molecule is O=c1c(=Cc2c(F)cccc2Cl)sc2nc(C=Cc3cccs3)nn12. The highest BCUT2D eigenvalue weighted by molar-refractivity contribution is 7.15. The molecule has 0 radical (unpaired) electrons. The summed E-state index contributed by atoms with van der Waals surface area (Å²) in [6.45, 7) is 0. The molecule has 0 amide bonds. The number of thiophene rings is 1. The molecular formula is C17H9ClFN3OS2. The molecule has 3 heterocycles. The molecule has 3 aromatic heterocycles. The third-order valence-corrected chi connectivity index (χ3v) is 5.54. The first kappa shape index (κ1) is 16.1. The van der Waals surface area contributed by atoms with Crippen molar-refractivity contribution in [1.82, 2.24) is 14.6 Å². The van der Waals surface area contributed by atoms with E-state index in [4.69, 9.17) is 11.6 Å². The smallest absolute Gasteiger partial charge is 0.266 e. The van der Waals surface area contributed by atoms with Gasteiger partial charge in [0.25, 0.3) is 5.56 Å². The standard InChI is InChI=1S/C17H9ClFN3OS2/c18-12-4-1-5-13(19)11(12)9-14-16(23)22-17(25-14)20-15(21-22)7-6-10-3-2-8-24-10/h1-9H. The van der Waals surface area contributed by atoms with Gasteiger partial charge in [0.05, 0.1) is 9.55 Å². The Balaban J connectivity index is 1.76. The molecule has 0 aliphatic rings. The summed E-state index contributed by atoms with van der Waals surface area (Å²) < 4.78 is 15.4. The van der Waals surface area contributed by atoms with Crippen LogP contribution >= 0.6 is 34.3 Å². The van der Waals surface area contributed by atoms with Gasteiger partial charge in [-0.2, -0.15) is 9.50 Å². The maximum absolute atomic E-state index is 13.9. The van der Waals surface area contributed by atoms with E-state index in [0.717, 1.165) is 16.2 Å². The molecule has 0 saturated carbocycles. The first-order valence-electron chi connectivity index (χ1n) is 7.19. The summed E-state index contributed by atoms with van der Waals surface area (Å²) >= 11 is 8.75. The number of aromatic nitrogens is 3. The molecule has 4 nitrogen and oxygen atoms in total. The summed E-state index contributed by atoms with van der Waals surface area (Å²) in [6, 6.07) is 8.32. The van der Waals surface area contributed by atoms with Crippen molar-refractivity contribution in [2.75, 3.05) is 0 Å². The minimum atomic E-state index is -0.481. The van der Waals surface area contributed by atoms with Crippen LogP contribution < -0.4 is 10.1 Å². The van der Waals surface area contributed by atoms with Gasteiger partial charge in [-0.05, 0) is 41.8 Å². The van der Waals surface area contributed by atoms with Gasteiger partial charge in [0.1, 0.15) is 5.82 Å². The molecule has 8 heteroatoms. The number of rotatable bonds is 3. The number of hydrogen-bond acceptors (Lipinski definition) is 5. The van der Waals surface area contributed by atoms with Gasteiger partial charge in [-0.3, -0.25) is 4.79 Å². The van der Waals surface area contributed by atoms with Crippen LogP contribution in [0.15, 0.2) is 40.5 Å². The minimum Gasteiger partial charge on any atom is -0.266 e. The zero-order valence-electron chi connectivity index (χ0n) is 12.5. The van der Waals surface area contributed by atoms with Gasteiger partial charge in [0.2, 0.25) is 4.96 Å². The third kappa shape index (κ3) is 3.13. The second-order valence-electron chi connectivity index (χ2n) is 5.06. The predicted molar refractivity (Wildman–Crippen MR) is 101 cm³/mol. The monoisotopic (exact) mass is 389 g/mol. The molecule has 0 spiro atoms. The Kier molecular flexibility index (Phi) is 4.20. The van der Waals surface area contributed by atoms with Crippen molar-refractivity contribution < 1.29 is 4.39 Å². The quantitative estimate of drug-likeness (QED) is 0.536. The second-order valence-corrected chi connectivity index (χ2v) is 7.46. The van der Waals surface area contributed by atoms with Crippen LogP contribution in [0.2, 0.25) is 5.02 Å². The van der Waals surface area contributed by atoms with Gasteiger partial charge < -0.3 is 0 Å². The zero-order chi connectivity index (χ0) is 17.4. The molecule has 0 saturated heterocycles. The lowest BCUT2D eigenvalue weighted by atomic mass is 10.2. The van der Waals surface area contributed by atoms with E-state index >= 15 is 0 Å². The van der Waals surface area contributed by atoms with E-state index in [0.29, 0.717) is 15.3 Å². The Bertz CT molecular complexity index is 1170. The Labute approximate surface area is 154 Å². The van der Waals surface area contributed by atoms with E-state index < -0.39 is 5.82 Å². The maximum Gasteiger partial charge on any atom is 0.291 e. The fourth-order valence-corrected chi connectivity index (χ4v) is 3.97. The van der Waals surface area contributed by atoms with Crippen LogP contribution in [0.25, 0.3) is 23.2 Å². The van der Waals surface area contributed by atoms with Gasteiger partial charge in [-0.25, -0.2) is 4.39 Å². The predicted octanol–water partition coefficient (Wildman–Crippen LogP) is 3.72. The van der Waals surface area contributed by atoms with Crippen molar-refractivity contribution in [1.29, 1.82) is 0 Å². The van der Waals surface area contributed by atoms with E-state index in [9.17, 15) is 9.18 Å². The maximum atomic E-state index is 13.9. The Morgan fingerprint density at radius 3 is 2.80 bits per heavy atom. The first-order valence-corrected chi connectivity index (χ1v) is 9.26. The van der Waals surface area contributed by atoms with Crippen LogP contribution in [0.1, 0.15) is 16.3 Å². The van der Waals surface area contributed by atoms with Crippen LogP contribution in [-0.2, 0) is 0 Å². The fraction of sp³-hybridized carbons (Fsp3) is 0. The highest BCUT2D eigenvalue weighted by Gasteiger charge is 2.11. The molecule has 0 N–H and O–H groups in total. The summed E-state index contributed by atoms with van der Waals surface area (Å²) in [5.74, 6) is -0.0299.